The molecule has 0 unspecified atom stereocenters. The van der Waals surface area contributed by atoms with Crippen molar-refractivity contribution < 1.29 is 13.2 Å². The highest BCUT2D eigenvalue weighted by Crippen LogP contribution is 2.08. The van der Waals surface area contributed by atoms with Gasteiger partial charge in [-0.3, -0.25) is 4.79 Å². The average Bonchev–Trinajstić information content (AvgIpc) is 2.51. The Morgan fingerprint density at radius 3 is 2.33 bits per heavy atom. The van der Waals surface area contributed by atoms with Gasteiger partial charge in [0.1, 0.15) is 5.75 Å². The number of aryl methyl sites for hydroxylation is 1. The van der Waals surface area contributed by atoms with Gasteiger partial charge >= 0.3 is 0 Å². The summed E-state index contributed by atoms with van der Waals surface area (Å²) in [6.45, 7) is 6.63. The van der Waals surface area contributed by atoms with Gasteiger partial charge in [-0.25, -0.2) is 8.42 Å². The standard InChI is InChI=1S/C19H31NO3S/c1-4-5-9-14-20(17(2)3)19(21)16-24(22,23)15-10-13-18-11-7-6-8-12-18/h6-8,11-12,17H,4-5,9-10,13-16H2,1-3H3. The maximum absolute atomic E-state index is 12.4. The van der Waals surface area contributed by atoms with Gasteiger partial charge < -0.3 is 4.90 Å². The van der Waals surface area contributed by atoms with Crippen LogP contribution in [-0.2, 0) is 21.1 Å². The van der Waals surface area contributed by atoms with Gasteiger partial charge in [0.2, 0.25) is 5.91 Å². The van der Waals surface area contributed by atoms with Crippen LogP contribution in [0.15, 0.2) is 30.3 Å². The van der Waals surface area contributed by atoms with E-state index in [-0.39, 0.29) is 23.5 Å². The highest BCUT2D eigenvalue weighted by atomic mass is 32.2. The first-order chi connectivity index (χ1) is 11.4. The summed E-state index contributed by atoms with van der Waals surface area (Å²) >= 11 is 0. The molecule has 1 rings (SSSR count). The molecule has 0 bridgehead atoms. The fourth-order valence-corrected chi connectivity index (χ4v) is 3.96. The highest BCUT2D eigenvalue weighted by molar-refractivity contribution is 7.92. The second-order valence-electron chi connectivity index (χ2n) is 6.57. The Balaban J connectivity index is 2.49. The molecule has 0 saturated heterocycles. The van der Waals surface area contributed by atoms with Crippen molar-refractivity contribution in [2.75, 3.05) is 18.1 Å². The predicted molar refractivity (Wildman–Crippen MR) is 99.8 cm³/mol. The normalized spacial score (nSPS) is 11.7. The van der Waals surface area contributed by atoms with Crippen LogP contribution in [0.3, 0.4) is 0 Å². The molecule has 0 N–H and O–H groups in total. The van der Waals surface area contributed by atoms with E-state index in [1.807, 2.05) is 44.2 Å². The smallest absolute Gasteiger partial charge is 0.237 e. The van der Waals surface area contributed by atoms with Crippen molar-refractivity contribution in [3.8, 4) is 0 Å². The topological polar surface area (TPSA) is 54.5 Å². The molecule has 24 heavy (non-hydrogen) atoms. The molecule has 0 radical (unpaired) electrons. The Morgan fingerprint density at radius 1 is 1.08 bits per heavy atom. The Labute approximate surface area is 147 Å². The van der Waals surface area contributed by atoms with Crippen LogP contribution < -0.4 is 0 Å². The predicted octanol–water partition coefficient (Wildman–Crippen LogP) is 3.46. The van der Waals surface area contributed by atoms with E-state index in [2.05, 4.69) is 6.92 Å². The molecule has 0 aromatic heterocycles. The van der Waals surface area contributed by atoms with Crippen molar-refractivity contribution in [1.82, 2.24) is 4.90 Å². The number of hydrogen-bond acceptors (Lipinski definition) is 3. The first-order valence-electron chi connectivity index (χ1n) is 8.89. The zero-order chi connectivity index (χ0) is 18.0. The minimum atomic E-state index is -3.35. The van der Waals surface area contributed by atoms with E-state index in [0.717, 1.165) is 31.2 Å². The first kappa shape index (κ1) is 20.7. The lowest BCUT2D eigenvalue weighted by atomic mass is 10.1. The largest absolute Gasteiger partial charge is 0.339 e. The summed E-state index contributed by atoms with van der Waals surface area (Å²) in [7, 11) is -3.35. The highest BCUT2D eigenvalue weighted by Gasteiger charge is 2.23. The number of sulfone groups is 1. The first-order valence-corrected chi connectivity index (χ1v) is 10.7. The number of amides is 1. The number of carbonyl (C=O) groups excluding carboxylic acids is 1. The quantitative estimate of drug-likeness (QED) is 0.573. The van der Waals surface area contributed by atoms with Crippen LogP contribution in [0.2, 0.25) is 0 Å². The molecule has 0 aliphatic rings. The lowest BCUT2D eigenvalue weighted by Gasteiger charge is -2.26. The van der Waals surface area contributed by atoms with Gasteiger partial charge in [-0.2, -0.15) is 0 Å². The monoisotopic (exact) mass is 353 g/mol. The molecule has 0 fully saturated rings. The summed E-state index contributed by atoms with van der Waals surface area (Å²) in [5.41, 5.74) is 1.13. The Morgan fingerprint density at radius 2 is 1.75 bits per heavy atom. The number of nitrogens with zero attached hydrogens (tertiary/aromatic N) is 1. The van der Waals surface area contributed by atoms with Crippen molar-refractivity contribution in [2.45, 2.75) is 58.9 Å². The molecule has 136 valence electrons. The number of rotatable bonds is 11. The second kappa shape index (κ2) is 10.5. The lowest BCUT2D eigenvalue weighted by Crippen LogP contribution is -2.41. The third kappa shape index (κ3) is 7.95. The summed E-state index contributed by atoms with van der Waals surface area (Å²) in [6.07, 6.45) is 4.34. The molecule has 1 aromatic carbocycles. The maximum atomic E-state index is 12.4. The molecule has 0 heterocycles. The average molecular weight is 354 g/mol. The molecular weight excluding hydrogens is 322 g/mol. The summed E-state index contributed by atoms with van der Waals surface area (Å²) in [5, 5.41) is 0. The van der Waals surface area contributed by atoms with Gasteiger partial charge in [-0.1, -0.05) is 50.1 Å². The summed E-state index contributed by atoms with van der Waals surface area (Å²) in [6, 6.07) is 9.86. The van der Waals surface area contributed by atoms with Gasteiger partial charge in [-0.05, 0) is 38.7 Å². The minimum absolute atomic E-state index is 0.0360. The van der Waals surface area contributed by atoms with E-state index in [9.17, 15) is 13.2 Å². The van der Waals surface area contributed by atoms with Crippen LogP contribution in [-0.4, -0.2) is 43.3 Å². The fraction of sp³-hybridized carbons (Fsp3) is 0.632. The van der Waals surface area contributed by atoms with Crippen LogP contribution in [0, 0.1) is 0 Å². The van der Waals surface area contributed by atoms with Gasteiger partial charge in [-0.15, -0.1) is 0 Å². The van der Waals surface area contributed by atoms with Crippen molar-refractivity contribution in [2.24, 2.45) is 0 Å². The van der Waals surface area contributed by atoms with Crippen molar-refractivity contribution >= 4 is 15.7 Å². The minimum Gasteiger partial charge on any atom is -0.339 e. The van der Waals surface area contributed by atoms with E-state index < -0.39 is 9.84 Å². The molecule has 0 saturated carbocycles. The van der Waals surface area contributed by atoms with Gasteiger partial charge in [0.15, 0.2) is 9.84 Å². The van der Waals surface area contributed by atoms with E-state index in [1.165, 1.54) is 0 Å². The van der Waals surface area contributed by atoms with Crippen molar-refractivity contribution in [3.05, 3.63) is 35.9 Å². The summed E-state index contributed by atoms with van der Waals surface area (Å²) in [4.78, 5) is 14.1. The molecule has 0 atom stereocenters. The number of hydrogen-bond donors (Lipinski definition) is 0. The molecule has 1 amide bonds. The van der Waals surface area contributed by atoms with Gasteiger partial charge in [0.25, 0.3) is 0 Å². The molecule has 1 aromatic rings. The van der Waals surface area contributed by atoms with Crippen LogP contribution in [0.25, 0.3) is 0 Å². The van der Waals surface area contributed by atoms with Crippen LogP contribution >= 0.6 is 0 Å². The van der Waals surface area contributed by atoms with Crippen LogP contribution in [0.4, 0.5) is 0 Å². The van der Waals surface area contributed by atoms with Crippen LogP contribution in [0.1, 0.15) is 52.0 Å². The SMILES string of the molecule is CCCCCN(C(=O)CS(=O)(=O)CCCc1ccccc1)C(C)C. The van der Waals surface area contributed by atoms with Crippen molar-refractivity contribution in [3.63, 3.8) is 0 Å². The molecule has 5 heteroatoms. The Bertz CT molecular complexity index is 582. The zero-order valence-electron chi connectivity index (χ0n) is 15.2. The molecule has 0 aliphatic heterocycles. The fourth-order valence-electron chi connectivity index (χ4n) is 2.69. The number of benzene rings is 1. The third-order valence-electron chi connectivity index (χ3n) is 4.05. The summed E-state index contributed by atoms with van der Waals surface area (Å²) < 4.78 is 24.5. The molecule has 0 spiro atoms. The van der Waals surface area contributed by atoms with E-state index in [0.29, 0.717) is 13.0 Å². The van der Waals surface area contributed by atoms with Gasteiger partial charge in [0.05, 0.1) is 5.75 Å². The maximum Gasteiger partial charge on any atom is 0.237 e. The zero-order valence-corrected chi connectivity index (χ0v) is 16.0. The molecule has 0 aliphatic carbocycles. The Kier molecular flexibility index (Phi) is 9.04. The lowest BCUT2D eigenvalue weighted by molar-refractivity contribution is -0.130. The van der Waals surface area contributed by atoms with E-state index >= 15 is 0 Å². The molecule has 4 nitrogen and oxygen atoms in total. The van der Waals surface area contributed by atoms with Crippen molar-refractivity contribution in [1.29, 1.82) is 0 Å². The number of carbonyl (C=O) groups is 1. The number of unbranched alkanes of at least 4 members (excludes halogenated alkanes) is 2. The van der Waals surface area contributed by atoms with Crippen LogP contribution in [0.5, 0.6) is 0 Å². The Hall–Kier alpha value is -1.36. The van der Waals surface area contributed by atoms with E-state index in [4.69, 9.17) is 0 Å². The molecular formula is C19H31NO3S. The third-order valence-corrected chi connectivity index (χ3v) is 5.65. The van der Waals surface area contributed by atoms with E-state index in [1.54, 1.807) is 4.90 Å². The van der Waals surface area contributed by atoms with Gasteiger partial charge in [0, 0.05) is 12.6 Å². The second-order valence-corrected chi connectivity index (χ2v) is 8.75. The summed E-state index contributed by atoms with van der Waals surface area (Å²) in [5.74, 6) is -0.568.